The number of carbonyl (C=O) groups excluding carboxylic acids is 1. The minimum absolute atomic E-state index is 0.0613. The Morgan fingerprint density at radius 1 is 1.50 bits per heavy atom. The van der Waals surface area contributed by atoms with Gasteiger partial charge in [-0.25, -0.2) is 0 Å². The third-order valence-electron chi connectivity index (χ3n) is 3.40. The van der Waals surface area contributed by atoms with Crippen molar-refractivity contribution in [1.82, 2.24) is 5.32 Å². The zero-order valence-electron chi connectivity index (χ0n) is 7.55. The normalized spacial score (nSPS) is 28.1. The van der Waals surface area contributed by atoms with Crippen LogP contribution in [-0.2, 0) is 4.79 Å². The molecule has 2 nitrogen and oxygen atoms in total. The van der Waals surface area contributed by atoms with Crippen molar-refractivity contribution < 1.29 is 4.79 Å². The first-order valence-corrected chi connectivity index (χ1v) is 5.98. The van der Waals surface area contributed by atoms with Crippen LogP contribution in [0.25, 0.3) is 0 Å². The number of β-lactam (4-membered cyclic amide) rings is 1. The molecule has 1 amide bonds. The molecule has 3 rings (SSSR count). The van der Waals surface area contributed by atoms with Gasteiger partial charge in [-0.1, -0.05) is 18.0 Å². The van der Waals surface area contributed by atoms with Crippen LogP contribution in [0.5, 0.6) is 0 Å². The van der Waals surface area contributed by atoms with Crippen molar-refractivity contribution in [2.45, 2.75) is 25.3 Å². The third kappa shape index (κ3) is 0.943. The van der Waals surface area contributed by atoms with E-state index >= 15 is 0 Å². The minimum Gasteiger partial charge on any atom is -0.347 e. The first-order chi connectivity index (χ1) is 6.72. The fraction of sp³-hybridized carbons (Fsp3) is 0.500. The van der Waals surface area contributed by atoms with Crippen LogP contribution in [0.15, 0.2) is 12.1 Å². The van der Waals surface area contributed by atoms with E-state index in [0.717, 1.165) is 17.2 Å². The maximum Gasteiger partial charge on any atom is 0.229 e. The second-order valence-corrected chi connectivity index (χ2v) is 5.80. The highest BCUT2D eigenvalue weighted by Gasteiger charge is 2.59. The summed E-state index contributed by atoms with van der Waals surface area (Å²) in [5.74, 6) is 0.235. The van der Waals surface area contributed by atoms with Crippen LogP contribution in [0.4, 0.5) is 0 Å². The summed E-state index contributed by atoms with van der Waals surface area (Å²) in [6, 6.07) is 4.16. The molecular formula is C10H10ClNOS. The summed E-state index contributed by atoms with van der Waals surface area (Å²) >= 11 is 7.46. The first-order valence-electron chi connectivity index (χ1n) is 4.79. The van der Waals surface area contributed by atoms with Crippen molar-refractivity contribution in [3.63, 3.8) is 0 Å². The molecular weight excluding hydrogens is 218 g/mol. The summed E-state index contributed by atoms with van der Waals surface area (Å²) in [7, 11) is 0. The molecule has 14 heavy (non-hydrogen) atoms. The van der Waals surface area contributed by atoms with Crippen LogP contribution in [0.2, 0.25) is 4.34 Å². The fourth-order valence-corrected chi connectivity index (χ4v) is 3.60. The molecule has 0 bridgehead atoms. The molecule has 0 radical (unpaired) electrons. The Kier molecular flexibility index (Phi) is 1.71. The molecule has 1 atom stereocenters. The number of hydrogen-bond donors (Lipinski definition) is 1. The molecule has 1 saturated heterocycles. The Morgan fingerprint density at radius 2 is 2.29 bits per heavy atom. The summed E-state index contributed by atoms with van der Waals surface area (Å²) in [6.07, 6.45) is 3.26. The lowest BCUT2D eigenvalue weighted by atomic mass is 9.58. The molecule has 1 aromatic heterocycles. The van der Waals surface area contributed by atoms with E-state index in [1.54, 1.807) is 11.3 Å². The monoisotopic (exact) mass is 227 g/mol. The molecule has 2 aliphatic rings. The Hall–Kier alpha value is -0.540. The lowest BCUT2D eigenvalue weighted by molar-refractivity contribution is -0.155. The Bertz CT molecular complexity index is 397. The van der Waals surface area contributed by atoms with E-state index < -0.39 is 0 Å². The SMILES string of the molecule is O=C1NC(c2ccc(Cl)s2)C12CCC2. The van der Waals surface area contributed by atoms with Crippen LogP contribution < -0.4 is 5.32 Å². The predicted octanol–water partition coefficient (Wildman–Crippen LogP) is 2.74. The van der Waals surface area contributed by atoms with Gasteiger partial charge in [0.2, 0.25) is 5.91 Å². The highest BCUT2D eigenvalue weighted by atomic mass is 35.5. The van der Waals surface area contributed by atoms with Crippen LogP contribution >= 0.6 is 22.9 Å². The van der Waals surface area contributed by atoms with Crippen LogP contribution in [0, 0.1) is 5.41 Å². The van der Waals surface area contributed by atoms with Gasteiger partial charge in [-0.15, -0.1) is 11.3 Å². The van der Waals surface area contributed by atoms with Crippen molar-refractivity contribution in [1.29, 1.82) is 0 Å². The molecule has 74 valence electrons. The van der Waals surface area contributed by atoms with Gasteiger partial charge in [0.25, 0.3) is 0 Å². The number of carbonyl (C=O) groups is 1. The smallest absolute Gasteiger partial charge is 0.229 e. The molecule has 1 aliphatic heterocycles. The standard InChI is InChI=1S/C10H10ClNOS/c11-7-3-2-6(14-7)8-10(4-1-5-10)9(13)12-8/h2-3,8H,1,4-5H2,(H,12,13). The zero-order chi connectivity index (χ0) is 9.76. The molecule has 4 heteroatoms. The lowest BCUT2D eigenvalue weighted by Crippen LogP contribution is -2.64. The molecule has 1 unspecified atom stereocenters. The Balaban J connectivity index is 1.91. The number of thiophene rings is 1. The summed E-state index contributed by atoms with van der Waals surface area (Å²) in [5.41, 5.74) is -0.0613. The number of amides is 1. The molecule has 1 N–H and O–H groups in total. The van der Waals surface area contributed by atoms with E-state index in [2.05, 4.69) is 5.32 Å². The van der Waals surface area contributed by atoms with Gasteiger partial charge in [0, 0.05) is 4.88 Å². The van der Waals surface area contributed by atoms with Crippen molar-refractivity contribution >= 4 is 28.8 Å². The van der Waals surface area contributed by atoms with E-state index in [0.29, 0.717) is 0 Å². The largest absolute Gasteiger partial charge is 0.347 e. The predicted molar refractivity (Wildman–Crippen MR) is 56.5 cm³/mol. The fourth-order valence-electron chi connectivity index (χ4n) is 2.37. The van der Waals surface area contributed by atoms with E-state index in [-0.39, 0.29) is 17.4 Å². The average molecular weight is 228 g/mol. The number of nitrogens with one attached hydrogen (secondary N) is 1. The lowest BCUT2D eigenvalue weighted by Gasteiger charge is -2.54. The number of rotatable bonds is 1. The van der Waals surface area contributed by atoms with Gasteiger partial charge in [-0.05, 0) is 25.0 Å². The molecule has 1 saturated carbocycles. The number of halogens is 1. The molecule has 0 aromatic carbocycles. The summed E-state index contributed by atoms with van der Waals surface area (Å²) < 4.78 is 0.802. The first kappa shape index (κ1) is 8.74. The van der Waals surface area contributed by atoms with E-state index in [1.165, 1.54) is 11.3 Å². The van der Waals surface area contributed by atoms with E-state index in [1.807, 2.05) is 12.1 Å². The van der Waals surface area contributed by atoms with Crippen LogP contribution in [0.1, 0.15) is 30.2 Å². The van der Waals surface area contributed by atoms with Gasteiger partial charge in [0.05, 0.1) is 15.8 Å². The second kappa shape index (κ2) is 2.74. The molecule has 2 heterocycles. The van der Waals surface area contributed by atoms with Crippen LogP contribution in [-0.4, -0.2) is 5.91 Å². The molecule has 1 aromatic rings. The van der Waals surface area contributed by atoms with Gasteiger partial charge in [-0.3, -0.25) is 4.79 Å². The maximum atomic E-state index is 11.5. The van der Waals surface area contributed by atoms with Crippen molar-refractivity contribution in [2.24, 2.45) is 5.41 Å². The van der Waals surface area contributed by atoms with Crippen molar-refractivity contribution in [3.05, 3.63) is 21.3 Å². The minimum atomic E-state index is -0.0613. The zero-order valence-corrected chi connectivity index (χ0v) is 9.12. The maximum absolute atomic E-state index is 11.5. The van der Waals surface area contributed by atoms with Gasteiger partial charge in [-0.2, -0.15) is 0 Å². The highest BCUT2D eigenvalue weighted by Crippen LogP contribution is 2.57. The molecule has 1 spiro atoms. The summed E-state index contributed by atoms with van der Waals surface area (Å²) in [6.45, 7) is 0. The quantitative estimate of drug-likeness (QED) is 0.735. The third-order valence-corrected chi connectivity index (χ3v) is 4.70. The second-order valence-electron chi connectivity index (χ2n) is 4.06. The van der Waals surface area contributed by atoms with Gasteiger partial charge >= 0.3 is 0 Å². The molecule has 2 fully saturated rings. The van der Waals surface area contributed by atoms with E-state index in [9.17, 15) is 4.79 Å². The van der Waals surface area contributed by atoms with Gasteiger partial charge in [0.15, 0.2) is 0 Å². The number of hydrogen-bond acceptors (Lipinski definition) is 2. The van der Waals surface area contributed by atoms with Crippen LogP contribution in [0.3, 0.4) is 0 Å². The van der Waals surface area contributed by atoms with Crippen molar-refractivity contribution in [2.75, 3.05) is 0 Å². The van der Waals surface area contributed by atoms with Gasteiger partial charge < -0.3 is 5.32 Å². The summed E-state index contributed by atoms with van der Waals surface area (Å²) in [5, 5.41) is 2.98. The average Bonchev–Trinajstić information content (AvgIpc) is 2.44. The summed E-state index contributed by atoms with van der Waals surface area (Å²) in [4.78, 5) is 12.7. The van der Waals surface area contributed by atoms with Crippen molar-refractivity contribution in [3.8, 4) is 0 Å². The Labute approximate surface area is 91.3 Å². The van der Waals surface area contributed by atoms with Gasteiger partial charge in [0.1, 0.15) is 0 Å². The topological polar surface area (TPSA) is 29.1 Å². The highest BCUT2D eigenvalue weighted by molar-refractivity contribution is 7.16. The van der Waals surface area contributed by atoms with E-state index in [4.69, 9.17) is 11.6 Å². The molecule has 1 aliphatic carbocycles. The Morgan fingerprint density at radius 3 is 2.71 bits per heavy atom.